The molecule has 0 bridgehead atoms. The lowest BCUT2D eigenvalue weighted by molar-refractivity contribution is 0.211. The third kappa shape index (κ3) is 5.38. The number of aliphatic hydroxyl groups excluding tert-OH is 1. The second-order valence-corrected chi connectivity index (χ2v) is 6.69. The molecule has 2 amide bonds. The summed E-state index contributed by atoms with van der Waals surface area (Å²) in [6, 6.07) is 7.80. The molecule has 21 heavy (non-hydrogen) atoms. The van der Waals surface area contributed by atoms with E-state index in [0.29, 0.717) is 6.42 Å². The van der Waals surface area contributed by atoms with Crippen LogP contribution in [0.2, 0.25) is 0 Å². The Balaban J connectivity index is 2.86. The summed E-state index contributed by atoms with van der Waals surface area (Å²) in [4.78, 5) is 12.2. The van der Waals surface area contributed by atoms with Crippen LogP contribution < -0.4 is 10.6 Å². The van der Waals surface area contributed by atoms with Gasteiger partial charge in [0.15, 0.2) is 0 Å². The van der Waals surface area contributed by atoms with Gasteiger partial charge in [-0.3, -0.25) is 0 Å². The van der Waals surface area contributed by atoms with Gasteiger partial charge in [0.05, 0.1) is 6.04 Å². The Hall–Kier alpha value is -1.55. The summed E-state index contributed by atoms with van der Waals surface area (Å²) in [6.07, 6.45) is 0.554. The third-order valence-electron chi connectivity index (χ3n) is 3.58. The minimum absolute atomic E-state index is 0.0486. The van der Waals surface area contributed by atoms with Gasteiger partial charge in [-0.15, -0.1) is 0 Å². The monoisotopic (exact) mass is 292 g/mol. The highest BCUT2D eigenvalue weighted by Gasteiger charge is 2.29. The van der Waals surface area contributed by atoms with E-state index in [1.807, 2.05) is 19.1 Å². The summed E-state index contributed by atoms with van der Waals surface area (Å²) in [5.74, 6) is 0. The van der Waals surface area contributed by atoms with Crippen LogP contribution >= 0.6 is 0 Å². The first kappa shape index (κ1) is 17.5. The minimum atomic E-state index is -0.195. The smallest absolute Gasteiger partial charge is 0.315 e. The molecule has 1 aromatic carbocycles. The lowest BCUT2D eigenvalue weighted by atomic mass is 9.81. The number of carbonyl (C=O) groups is 1. The second-order valence-electron chi connectivity index (χ2n) is 6.69. The molecule has 1 rings (SSSR count). The van der Waals surface area contributed by atoms with E-state index >= 15 is 0 Å². The van der Waals surface area contributed by atoms with Gasteiger partial charge in [0.2, 0.25) is 0 Å². The third-order valence-corrected chi connectivity index (χ3v) is 3.58. The molecule has 0 spiro atoms. The van der Waals surface area contributed by atoms with Crippen LogP contribution in [0, 0.1) is 12.3 Å². The summed E-state index contributed by atoms with van der Waals surface area (Å²) in [5, 5.41) is 14.8. The van der Waals surface area contributed by atoms with Crippen molar-refractivity contribution in [1.82, 2.24) is 10.6 Å². The SMILES string of the molecule is Cc1ccccc1C(NC(=O)N[C@H](C)CCO)C(C)(C)C. The largest absolute Gasteiger partial charge is 0.396 e. The predicted octanol–water partition coefficient (Wildman–Crippen LogP) is 3.15. The topological polar surface area (TPSA) is 61.4 Å². The summed E-state index contributed by atoms with van der Waals surface area (Å²) in [5.41, 5.74) is 2.21. The van der Waals surface area contributed by atoms with Gasteiger partial charge in [-0.05, 0) is 36.8 Å². The number of aryl methyl sites for hydroxylation is 1. The van der Waals surface area contributed by atoms with E-state index in [1.54, 1.807) is 0 Å². The van der Waals surface area contributed by atoms with Gasteiger partial charge in [-0.1, -0.05) is 45.0 Å². The first-order valence-electron chi connectivity index (χ1n) is 7.49. The van der Waals surface area contributed by atoms with Crippen LogP contribution in [0.1, 0.15) is 51.3 Å². The zero-order valence-electron chi connectivity index (χ0n) is 13.7. The Morgan fingerprint density at radius 3 is 2.38 bits per heavy atom. The number of rotatable bonds is 5. The van der Waals surface area contributed by atoms with E-state index in [9.17, 15) is 4.79 Å². The van der Waals surface area contributed by atoms with Crippen LogP contribution in [0.5, 0.6) is 0 Å². The van der Waals surface area contributed by atoms with Gasteiger partial charge in [0, 0.05) is 12.6 Å². The van der Waals surface area contributed by atoms with Gasteiger partial charge in [-0.2, -0.15) is 0 Å². The number of hydrogen-bond donors (Lipinski definition) is 3. The maximum Gasteiger partial charge on any atom is 0.315 e. The van der Waals surface area contributed by atoms with Crippen molar-refractivity contribution in [2.75, 3.05) is 6.61 Å². The second kappa shape index (κ2) is 7.46. The molecule has 0 heterocycles. The van der Waals surface area contributed by atoms with E-state index in [-0.39, 0.29) is 30.1 Å². The number of aliphatic hydroxyl groups is 1. The van der Waals surface area contributed by atoms with Crippen molar-refractivity contribution in [3.05, 3.63) is 35.4 Å². The van der Waals surface area contributed by atoms with Gasteiger partial charge in [-0.25, -0.2) is 4.79 Å². The van der Waals surface area contributed by atoms with E-state index in [0.717, 1.165) is 5.56 Å². The van der Waals surface area contributed by atoms with E-state index in [4.69, 9.17) is 5.11 Å². The molecule has 0 saturated heterocycles. The highest BCUT2D eigenvalue weighted by Crippen LogP contribution is 2.34. The standard InChI is InChI=1S/C17H28N2O2/c1-12-8-6-7-9-14(12)15(17(3,4)5)19-16(21)18-13(2)10-11-20/h6-9,13,15,20H,10-11H2,1-5H3,(H2,18,19,21)/t13-,15?/m1/s1. The first-order valence-corrected chi connectivity index (χ1v) is 7.49. The van der Waals surface area contributed by atoms with Crippen molar-refractivity contribution in [3.8, 4) is 0 Å². The number of nitrogens with one attached hydrogen (secondary N) is 2. The van der Waals surface area contributed by atoms with Crippen molar-refractivity contribution in [3.63, 3.8) is 0 Å². The Kier molecular flexibility index (Phi) is 6.21. The lowest BCUT2D eigenvalue weighted by Crippen LogP contribution is -2.45. The number of carbonyl (C=O) groups excluding carboxylic acids is 1. The summed E-state index contributed by atoms with van der Waals surface area (Å²) in [6.45, 7) is 10.4. The van der Waals surface area contributed by atoms with Crippen molar-refractivity contribution in [2.24, 2.45) is 5.41 Å². The number of urea groups is 1. The minimum Gasteiger partial charge on any atom is -0.396 e. The summed E-state index contributed by atoms with van der Waals surface area (Å²) >= 11 is 0. The first-order chi connectivity index (χ1) is 9.75. The van der Waals surface area contributed by atoms with Crippen LogP contribution in [0.25, 0.3) is 0 Å². The number of benzene rings is 1. The van der Waals surface area contributed by atoms with E-state index < -0.39 is 0 Å². The normalized spacial score (nSPS) is 14.4. The highest BCUT2D eigenvalue weighted by atomic mass is 16.3. The molecule has 0 aliphatic carbocycles. The van der Waals surface area contributed by atoms with Crippen LogP contribution in [-0.2, 0) is 0 Å². The van der Waals surface area contributed by atoms with Gasteiger partial charge < -0.3 is 15.7 Å². The molecule has 0 saturated carbocycles. The molecule has 4 nitrogen and oxygen atoms in total. The molecule has 1 unspecified atom stereocenters. The zero-order chi connectivity index (χ0) is 16.0. The Morgan fingerprint density at radius 1 is 1.24 bits per heavy atom. The highest BCUT2D eigenvalue weighted by molar-refractivity contribution is 5.75. The molecule has 0 radical (unpaired) electrons. The molecular formula is C17H28N2O2. The Morgan fingerprint density at radius 2 is 1.86 bits per heavy atom. The molecule has 118 valence electrons. The fourth-order valence-electron chi connectivity index (χ4n) is 2.33. The Labute approximate surface area is 128 Å². The molecule has 1 aromatic rings. The van der Waals surface area contributed by atoms with Crippen molar-refractivity contribution in [1.29, 1.82) is 0 Å². The molecule has 0 aromatic heterocycles. The van der Waals surface area contributed by atoms with Crippen LogP contribution in [0.15, 0.2) is 24.3 Å². The molecule has 0 fully saturated rings. The quantitative estimate of drug-likeness (QED) is 0.780. The maximum atomic E-state index is 12.2. The number of hydrogen-bond acceptors (Lipinski definition) is 2. The van der Waals surface area contributed by atoms with Crippen molar-refractivity contribution >= 4 is 6.03 Å². The fourth-order valence-corrected chi connectivity index (χ4v) is 2.33. The number of amides is 2. The average molecular weight is 292 g/mol. The van der Waals surface area contributed by atoms with Crippen LogP contribution in [0.4, 0.5) is 4.79 Å². The molecular weight excluding hydrogens is 264 g/mol. The predicted molar refractivity (Wildman–Crippen MR) is 86.2 cm³/mol. The molecule has 3 N–H and O–H groups in total. The zero-order valence-corrected chi connectivity index (χ0v) is 13.7. The molecule has 0 aliphatic heterocycles. The Bertz CT molecular complexity index is 466. The average Bonchev–Trinajstić information content (AvgIpc) is 2.36. The maximum absolute atomic E-state index is 12.2. The molecule has 2 atom stereocenters. The van der Waals surface area contributed by atoms with Crippen LogP contribution in [0.3, 0.4) is 0 Å². The lowest BCUT2D eigenvalue weighted by Gasteiger charge is -2.33. The van der Waals surface area contributed by atoms with Crippen molar-refractivity contribution in [2.45, 2.75) is 53.1 Å². The van der Waals surface area contributed by atoms with Crippen LogP contribution in [-0.4, -0.2) is 23.8 Å². The van der Waals surface area contributed by atoms with Crippen molar-refractivity contribution < 1.29 is 9.90 Å². The van der Waals surface area contributed by atoms with Gasteiger partial charge >= 0.3 is 6.03 Å². The molecule has 0 aliphatic rings. The van der Waals surface area contributed by atoms with E-state index in [2.05, 4.69) is 50.5 Å². The molecule has 4 heteroatoms. The fraction of sp³-hybridized carbons (Fsp3) is 0.588. The van der Waals surface area contributed by atoms with E-state index in [1.165, 1.54) is 5.56 Å². The summed E-state index contributed by atoms with van der Waals surface area (Å²) in [7, 11) is 0. The summed E-state index contributed by atoms with van der Waals surface area (Å²) < 4.78 is 0. The van der Waals surface area contributed by atoms with Gasteiger partial charge in [0.1, 0.15) is 0 Å². The van der Waals surface area contributed by atoms with Gasteiger partial charge in [0.25, 0.3) is 0 Å².